The molecule has 0 saturated carbocycles. The van der Waals surface area contributed by atoms with Gasteiger partial charge in [-0.15, -0.1) is 35.1 Å². The lowest BCUT2D eigenvalue weighted by Crippen LogP contribution is -2.30. The molecule has 190 valence electrons. The predicted octanol–water partition coefficient (Wildman–Crippen LogP) is 5.94. The van der Waals surface area contributed by atoms with Gasteiger partial charge in [0.15, 0.2) is 9.84 Å². The molecule has 0 spiro atoms. The van der Waals surface area contributed by atoms with E-state index in [1.54, 1.807) is 46.9 Å². The summed E-state index contributed by atoms with van der Waals surface area (Å²) >= 11 is 3.15. The van der Waals surface area contributed by atoms with Crippen LogP contribution >= 0.6 is 35.1 Å². The number of carbonyl (C=O) groups excluding carboxylic acids is 1. The molecule has 5 rings (SSSR count). The Kier molecular flexibility index (Phi) is 8.16. The molecule has 0 radical (unpaired) electrons. The van der Waals surface area contributed by atoms with Crippen molar-refractivity contribution in [2.24, 2.45) is 0 Å². The van der Waals surface area contributed by atoms with Crippen LogP contribution < -0.4 is 5.32 Å². The fourth-order valence-electron chi connectivity index (χ4n) is 4.42. The molecular formula is C26H28ClN3O3S3. The molecule has 4 aromatic rings. The van der Waals surface area contributed by atoms with E-state index in [1.807, 2.05) is 31.2 Å². The highest BCUT2D eigenvalue weighted by Crippen LogP contribution is 2.45. The number of benzene rings is 2. The predicted molar refractivity (Wildman–Crippen MR) is 151 cm³/mol. The molecule has 0 aliphatic carbocycles. The van der Waals surface area contributed by atoms with Gasteiger partial charge in [-0.05, 0) is 56.1 Å². The van der Waals surface area contributed by atoms with Gasteiger partial charge in [-0.2, -0.15) is 0 Å². The fraction of sp³-hybridized carbons (Fsp3) is 0.308. The number of hydrogen-bond acceptors (Lipinski definition) is 7. The summed E-state index contributed by atoms with van der Waals surface area (Å²) in [6, 6.07) is 14.6. The minimum atomic E-state index is -3.74. The largest absolute Gasteiger partial charge is 0.316 e. The first-order valence-electron chi connectivity index (χ1n) is 11.7. The number of aromatic nitrogens is 1. The topological polar surface area (TPSA) is 79.4 Å². The molecule has 0 saturated heterocycles. The van der Waals surface area contributed by atoms with Crippen molar-refractivity contribution in [3.8, 4) is 10.6 Å². The van der Waals surface area contributed by atoms with Gasteiger partial charge in [0.05, 0.1) is 15.1 Å². The molecule has 1 aliphatic heterocycles. The highest BCUT2D eigenvalue weighted by molar-refractivity contribution is 7.92. The van der Waals surface area contributed by atoms with Gasteiger partial charge >= 0.3 is 0 Å². The van der Waals surface area contributed by atoms with Gasteiger partial charge in [-0.25, -0.2) is 13.4 Å². The smallest absolute Gasteiger partial charge is 0.240 e. The Morgan fingerprint density at radius 3 is 2.58 bits per heavy atom. The van der Waals surface area contributed by atoms with Crippen molar-refractivity contribution in [2.75, 3.05) is 24.2 Å². The third-order valence-corrected chi connectivity index (χ3v) is 9.96. The summed E-state index contributed by atoms with van der Waals surface area (Å²) in [5.41, 5.74) is 4.06. The van der Waals surface area contributed by atoms with Crippen LogP contribution in [0.2, 0.25) is 0 Å². The first-order valence-corrected chi connectivity index (χ1v) is 14.9. The third kappa shape index (κ3) is 5.50. The maximum Gasteiger partial charge on any atom is 0.240 e. The van der Waals surface area contributed by atoms with Gasteiger partial charge in [0, 0.05) is 23.5 Å². The van der Waals surface area contributed by atoms with Crippen molar-refractivity contribution in [1.82, 2.24) is 9.88 Å². The zero-order valence-corrected chi connectivity index (χ0v) is 23.4. The van der Waals surface area contributed by atoms with Crippen molar-refractivity contribution < 1.29 is 13.2 Å². The van der Waals surface area contributed by atoms with E-state index in [-0.39, 0.29) is 17.3 Å². The summed E-state index contributed by atoms with van der Waals surface area (Å²) in [6.45, 7) is 6.90. The number of anilines is 1. The van der Waals surface area contributed by atoms with Crippen molar-refractivity contribution >= 4 is 66.0 Å². The number of halogens is 1. The summed E-state index contributed by atoms with van der Waals surface area (Å²) in [5, 5.41) is 4.50. The van der Waals surface area contributed by atoms with Crippen LogP contribution in [0.5, 0.6) is 0 Å². The molecule has 0 bridgehead atoms. The Bertz CT molecular complexity index is 1460. The lowest BCUT2D eigenvalue weighted by Gasteiger charge is -2.26. The summed E-state index contributed by atoms with van der Waals surface area (Å²) in [4.78, 5) is 21.7. The molecule has 6 nitrogen and oxygen atoms in total. The van der Waals surface area contributed by atoms with E-state index >= 15 is 0 Å². The van der Waals surface area contributed by atoms with Crippen molar-refractivity contribution in [2.45, 2.75) is 38.1 Å². The first-order chi connectivity index (χ1) is 16.8. The van der Waals surface area contributed by atoms with Gasteiger partial charge in [-0.1, -0.05) is 36.8 Å². The van der Waals surface area contributed by atoms with E-state index in [0.29, 0.717) is 5.00 Å². The van der Waals surface area contributed by atoms with Gasteiger partial charge in [-0.3, -0.25) is 9.69 Å². The van der Waals surface area contributed by atoms with E-state index in [4.69, 9.17) is 4.98 Å². The molecule has 0 atom stereocenters. The number of rotatable bonds is 7. The number of nitrogens with zero attached hydrogens (tertiary/aromatic N) is 2. The molecule has 2 aromatic carbocycles. The number of fused-ring (bicyclic) bond motifs is 2. The number of para-hydroxylation sites is 1. The highest BCUT2D eigenvalue weighted by Gasteiger charge is 2.28. The summed E-state index contributed by atoms with van der Waals surface area (Å²) < 4.78 is 26.8. The van der Waals surface area contributed by atoms with Crippen molar-refractivity contribution in [1.29, 1.82) is 0 Å². The number of thiazole rings is 1. The Morgan fingerprint density at radius 2 is 1.86 bits per heavy atom. The summed E-state index contributed by atoms with van der Waals surface area (Å²) in [5.74, 6) is -1.13. The lowest BCUT2D eigenvalue weighted by atomic mass is 10.0. The average molecular weight is 562 g/mol. The van der Waals surface area contributed by atoms with E-state index in [2.05, 4.69) is 17.1 Å². The van der Waals surface area contributed by atoms with Crippen LogP contribution in [-0.4, -0.2) is 43.1 Å². The number of sulfone groups is 1. The van der Waals surface area contributed by atoms with Gasteiger partial charge in [0.2, 0.25) is 5.91 Å². The maximum atomic E-state index is 13.0. The number of nitrogens with one attached hydrogen (secondary N) is 1. The molecule has 1 aliphatic rings. The minimum Gasteiger partial charge on any atom is -0.316 e. The molecule has 10 heteroatoms. The monoisotopic (exact) mass is 561 g/mol. The minimum absolute atomic E-state index is 0. The second kappa shape index (κ2) is 11.0. The molecule has 3 heterocycles. The van der Waals surface area contributed by atoms with Gasteiger partial charge in [0.25, 0.3) is 0 Å². The number of hydrogen-bond donors (Lipinski definition) is 1. The number of aryl methyl sites for hydroxylation is 1. The number of thiophene rings is 1. The van der Waals surface area contributed by atoms with Crippen LogP contribution in [0.3, 0.4) is 0 Å². The van der Waals surface area contributed by atoms with Crippen molar-refractivity contribution in [3.05, 3.63) is 64.5 Å². The Hall–Kier alpha value is -2.30. The Labute approximate surface area is 225 Å². The van der Waals surface area contributed by atoms with Crippen LogP contribution in [0.25, 0.3) is 20.8 Å². The number of amides is 1. The van der Waals surface area contributed by atoms with E-state index in [0.717, 1.165) is 58.8 Å². The van der Waals surface area contributed by atoms with E-state index < -0.39 is 21.5 Å². The molecule has 1 amide bonds. The van der Waals surface area contributed by atoms with Gasteiger partial charge in [0.1, 0.15) is 15.8 Å². The fourth-order valence-corrected chi connectivity index (χ4v) is 7.97. The summed E-state index contributed by atoms with van der Waals surface area (Å²) in [6.07, 6.45) is 1.97. The van der Waals surface area contributed by atoms with Crippen LogP contribution in [0.4, 0.5) is 5.00 Å². The van der Waals surface area contributed by atoms with Crippen LogP contribution in [0, 0.1) is 6.92 Å². The lowest BCUT2D eigenvalue weighted by molar-refractivity contribution is -0.113. The van der Waals surface area contributed by atoms with E-state index in [9.17, 15) is 13.2 Å². The zero-order valence-electron chi connectivity index (χ0n) is 20.1. The van der Waals surface area contributed by atoms with E-state index in [1.165, 1.54) is 10.4 Å². The van der Waals surface area contributed by atoms with Crippen LogP contribution in [0.1, 0.15) is 29.3 Å². The normalized spacial score (nSPS) is 13.8. The van der Waals surface area contributed by atoms with Crippen molar-refractivity contribution in [3.63, 3.8) is 0 Å². The standard InChI is InChI=1S/C26H27N3O3S3.ClH/c1-3-13-29-14-12-19-22(15-29)34-26(24(19)25-27-20-6-4-5-7-21(20)33-25)28-23(30)16-35(31,32)18-10-8-17(2)9-11-18;/h4-11H,3,12-16H2,1-2H3,(H,28,30);1H. The number of carbonyl (C=O) groups is 1. The third-order valence-electron chi connectivity index (χ3n) is 6.14. The SMILES string of the molecule is CCCN1CCc2c(sc(NC(=O)CS(=O)(=O)c3ccc(C)cc3)c2-c2nc3ccccc3s2)C1.Cl. The van der Waals surface area contributed by atoms with Gasteiger partial charge < -0.3 is 5.32 Å². The average Bonchev–Trinajstić information content (AvgIpc) is 3.39. The highest BCUT2D eigenvalue weighted by atomic mass is 35.5. The van der Waals surface area contributed by atoms with Crippen LogP contribution in [0.15, 0.2) is 53.4 Å². The molecular weight excluding hydrogens is 534 g/mol. The van der Waals surface area contributed by atoms with Crippen LogP contribution in [-0.2, 0) is 27.6 Å². The zero-order chi connectivity index (χ0) is 24.6. The first kappa shape index (κ1) is 26.8. The second-order valence-corrected chi connectivity index (χ2v) is 13.0. The molecule has 0 fully saturated rings. The molecule has 1 N–H and O–H groups in total. The summed E-state index contributed by atoms with van der Waals surface area (Å²) in [7, 11) is -3.74. The maximum absolute atomic E-state index is 13.0. The second-order valence-electron chi connectivity index (χ2n) is 8.84. The molecule has 36 heavy (non-hydrogen) atoms. The Morgan fingerprint density at radius 1 is 1.11 bits per heavy atom. The molecule has 2 aromatic heterocycles. The quantitative estimate of drug-likeness (QED) is 0.302. The molecule has 0 unspecified atom stereocenters. The Balaban J connectivity index is 0.00000304.